The SMILES string of the molecule is Cc1c2c(-c3cccnc3)nc3cc(-c4cc(-c5ccncc5)cc(-c5ccncc5)c4)ccc3c2c(C)c2c(-c3cccnc3)nc3ccccc3c12. The van der Waals surface area contributed by atoms with Crippen LogP contribution in [0.4, 0.5) is 0 Å². The standard InChI is InChI=1S/C48H32N6/c1-29-43-39-9-3-4-10-41(39)53-47(34-7-5-17-51-27-34)45(43)30(2)44-40-12-11-33(26-42(40)54-48(46(29)44)35-8-6-18-52-28-35)38-24-36(31-13-19-49-20-14-31)23-37(25-38)32-15-21-50-22-16-32/h3-28H,1-2H3. The molecule has 0 fully saturated rings. The Morgan fingerprint density at radius 3 is 1.37 bits per heavy atom. The van der Waals surface area contributed by atoms with Gasteiger partial charge in [0, 0.05) is 82.2 Å². The number of nitrogens with zero attached hydrogens (tertiary/aromatic N) is 6. The summed E-state index contributed by atoms with van der Waals surface area (Å²) in [7, 11) is 0. The van der Waals surface area contributed by atoms with E-state index in [9.17, 15) is 0 Å². The number of para-hydroxylation sites is 1. The summed E-state index contributed by atoms with van der Waals surface area (Å²) in [5.74, 6) is 0. The first-order valence-corrected chi connectivity index (χ1v) is 18.0. The summed E-state index contributed by atoms with van der Waals surface area (Å²) >= 11 is 0. The normalized spacial score (nSPS) is 11.5. The number of benzene rings is 4. The van der Waals surface area contributed by atoms with Crippen LogP contribution in [-0.4, -0.2) is 29.9 Å². The summed E-state index contributed by atoms with van der Waals surface area (Å²) in [6.45, 7) is 4.47. The Kier molecular flexibility index (Phi) is 7.47. The smallest absolute Gasteiger partial charge is 0.0806 e. The minimum atomic E-state index is 0.914. The zero-order valence-electron chi connectivity index (χ0n) is 29.7. The summed E-state index contributed by atoms with van der Waals surface area (Å²) in [6.07, 6.45) is 14.8. The van der Waals surface area contributed by atoms with Crippen LogP contribution in [0.25, 0.3) is 99.2 Å². The maximum atomic E-state index is 5.51. The van der Waals surface area contributed by atoms with E-state index >= 15 is 0 Å². The van der Waals surface area contributed by atoms with Crippen LogP contribution < -0.4 is 0 Å². The molecule has 0 bridgehead atoms. The van der Waals surface area contributed by atoms with Gasteiger partial charge in [-0.2, -0.15) is 0 Å². The average Bonchev–Trinajstić information content (AvgIpc) is 3.25. The van der Waals surface area contributed by atoms with Crippen molar-refractivity contribution in [2.75, 3.05) is 0 Å². The van der Waals surface area contributed by atoms with Crippen LogP contribution in [0.1, 0.15) is 11.1 Å². The van der Waals surface area contributed by atoms with Gasteiger partial charge in [0.2, 0.25) is 0 Å². The van der Waals surface area contributed by atoms with Gasteiger partial charge in [-0.1, -0.05) is 30.3 Å². The van der Waals surface area contributed by atoms with Gasteiger partial charge >= 0.3 is 0 Å². The Morgan fingerprint density at radius 1 is 0.333 bits per heavy atom. The molecule has 0 radical (unpaired) electrons. The maximum absolute atomic E-state index is 5.51. The third kappa shape index (κ3) is 5.19. The number of hydrogen-bond donors (Lipinski definition) is 0. The molecule has 6 heteroatoms. The lowest BCUT2D eigenvalue weighted by molar-refractivity contribution is 1.30. The minimum absolute atomic E-state index is 0.914. The molecular formula is C48H32N6. The highest BCUT2D eigenvalue weighted by Gasteiger charge is 2.23. The fourth-order valence-corrected chi connectivity index (χ4v) is 8.06. The van der Waals surface area contributed by atoms with Gasteiger partial charge in [-0.05, 0) is 148 Å². The summed E-state index contributed by atoms with van der Waals surface area (Å²) in [4.78, 5) is 28.4. The van der Waals surface area contributed by atoms with Crippen LogP contribution in [0, 0.1) is 13.8 Å². The van der Waals surface area contributed by atoms with E-state index in [1.165, 1.54) is 16.3 Å². The fraction of sp³-hybridized carbons (Fsp3) is 0.0417. The zero-order valence-corrected chi connectivity index (χ0v) is 29.7. The summed E-state index contributed by atoms with van der Waals surface area (Å²) < 4.78 is 0. The Labute approximate surface area is 311 Å². The topological polar surface area (TPSA) is 77.3 Å². The predicted molar refractivity (Wildman–Crippen MR) is 220 cm³/mol. The van der Waals surface area contributed by atoms with E-state index in [1.807, 2.05) is 61.7 Å². The molecule has 6 heterocycles. The molecule has 0 aliphatic rings. The molecule has 10 aromatic rings. The number of fused-ring (bicyclic) bond motifs is 6. The van der Waals surface area contributed by atoms with Crippen molar-refractivity contribution in [1.29, 1.82) is 0 Å². The van der Waals surface area contributed by atoms with Crippen LogP contribution in [0.3, 0.4) is 0 Å². The van der Waals surface area contributed by atoms with Crippen molar-refractivity contribution in [1.82, 2.24) is 29.9 Å². The third-order valence-electron chi connectivity index (χ3n) is 10.5. The largest absolute Gasteiger partial charge is 0.265 e. The Morgan fingerprint density at radius 2 is 0.833 bits per heavy atom. The number of pyridine rings is 6. The molecule has 0 N–H and O–H groups in total. The van der Waals surface area contributed by atoms with Crippen LogP contribution in [0.2, 0.25) is 0 Å². The second kappa shape index (κ2) is 12.8. The van der Waals surface area contributed by atoms with Crippen molar-refractivity contribution >= 4 is 43.4 Å². The molecule has 0 spiro atoms. The molecule has 6 aromatic heterocycles. The lowest BCUT2D eigenvalue weighted by Crippen LogP contribution is -2.00. The molecule has 0 aliphatic heterocycles. The monoisotopic (exact) mass is 692 g/mol. The first-order chi connectivity index (χ1) is 26.6. The highest BCUT2D eigenvalue weighted by Crippen LogP contribution is 2.46. The van der Waals surface area contributed by atoms with Crippen molar-refractivity contribution in [3.8, 4) is 55.9 Å². The van der Waals surface area contributed by atoms with Gasteiger partial charge in [-0.25, -0.2) is 9.97 Å². The van der Waals surface area contributed by atoms with Crippen molar-refractivity contribution in [2.24, 2.45) is 0 Å². The summed E-state index contributed by atoms with van der Waals surface area (Å²) in [5, 5.41) is 6.82. The molecule has 4 aromatic carbocycles. The van der Waals surface area contributed by atoms with Gasteiger partial charge < -0.3 is 0 Å². The second-order valence-electron chi connectivity index (χ2n) is 13.7. The van der Waals surface area contributed by atoms with Crippen molar-refractivity contribution in [3.63, 3.8) is 0 Å². The lowest BCUT2D eigenvalue weighted by Gasteiger charge is -2.21. The number of rotatable bonds is 5. The van der Waals surface area contributed by atoms with Crippen LogP contribution in [0.15, 0.2) is 159 Å². The van der Waals surface area contributed by atoms with Crippen LogP contribution in [0.5, 0.6) is 0 Å². The Balaban J connectivity index is 1.30. The number of aromatic nitrogens is 6. The third-order valence-corrected chi connectivity index (χ3v) is 10.5. The first kappa shape index (κ1) is 31.5. The molecule has 0 unspecified atom stereocenters. The zero-order chi connectivity index (χ0) is 36.2. The van der Waals surface area contributed by atoms with E-state index in [4.69, 9.17) is 9.97 Å². The van der Waals surface area contributed by atoms with E-state index in [0.29, 0.717) is 0 Å². The van der Waals surface area contributed by atoms with E-state index in [0.717, 1.165) is 94.0 Å². The Hall–Kier alpha value is -7.18. The van der Waals surface area contributed by atoms with Crippen LogP contribution >= 0.6 is 0 Å². The van der Waals surface area contributed by atoms with Gasteiger partial charge in [0.05, 0.1) is 22.4 Å². The van der Waals surface area contributed by atoms with E-state index in [-0.39, 0.29) is 0 Å². The molecular weight excluding hydrogens is 661 g/mol. The van der Waals surface area contributed by atoms with E-state index in [1.54, 1.807) is 0 Å². The molecule has 0 aliphatic carbocycles. The van der Waals surface area contributed by atoms with Crippen molar-refractivity contribution in [2.45, 2.75) is 13.8 Å². The maximum Gasteiger partial charge on any atom is 0.0806 e. The molecule has 6 nitrogen and oxygen atoms in total. The van der Waals surface area contributed by atoms with Gasteiger partial charge in [-0.15, -0.1) is 0 Å². The van der Waals surface area contributed by atoms with Gasteiger partial charge in [-0.3, -0.25) is 19.9 Å². The van der Waals surface area contributed by atoms with Gasteiger partial charge in [0.1, 0.15) is 0 Å². The average molecular weight is 693 g/mol. The van der Waals surface area contributed by atoms with Crippen molar-refractivity contribution < 1.29 is 0 Å². The molecule has 10 rings (SSSR count). The predicted octanol–water partition coefficient (Wildman–Crippen LogP) is 11.6. The fourth-order valence-electron chi connectivity index (χ4n) is 8.06. The first-order valence-electron chi connectivity index (χ1n) is 18.0. The minimum Gasteiger partial charge on any atom is -0.265 e. The summed E-state index contributed by atoms with van der Waals surface area (Å²) in [6, 6.07) is 38.3. The Bertz CT molecular complexity index is 2980. The quantitative estimate of drug-likeness (QED) is 0.132. The molecule has 254 valence electrons. The molecule has 0 amide bonds. The van der Waals surface area contributed by atoms with E-state index < -0.39 is 0 Å². The lowest BCUT2D eigenvalue weighted by atomic mass is 9.86. The van der Waals surface area contributed by atoms with Crippen LogP contribution in [-0.2, 0) is 0 Å². The number of hydrogen-bond acceptors (Lipinski definition) is 6. The molecule has 0 saturated carbocycles. The van der Waals surface area contributed by atoms with Gasteiger partial charge in [0.25, 0.3) is 0 Å². The number of aryl methyl sites for hydroxylation is 2. The molecule has 54 heavy (non-hydrogen) atoms. The highest BCUT2D eigenvalue weighted by molar-refractivity contribution is 6.25. The van der Waals surface area contributed by atoms with Crippen molar-refractivity contribution in [3.05, 3.63) is 170 Å². The second-order valence-corrected chi connectivity index (χ2v) is 13.7. The van der Waals surface area contributed by atoms with E-state index in [2.05, 4.69) is 131 Å². The molecule has 0 atom stereocenters. The molecule has 0 saturated heterocycles. The highest BCUT2D eigenvalue weighted by atomic mass is 14.7. The van der Waals surface area contributed by atoms with Gasteiger partial charge in [0.15, 0.2) is 0 Å². The summed E-state index contributed by atoms with van der Waals surface area (Å²) in [5.41, 5.74) is 14.6.